The first-order valence-corrected chi connectivity index (χ1v) is 16.1. The summed E-state index contributed by atoms with van der Waals surface area (Å²) >= 11 is 0. The third kappa shape index (κ3) is 3.85. The Hall–Kier alpha value is -5.13. The first kappa shape index (κ1) is 24.5. The Balaban J connectivity index is 1.20. The van der Waals surface area contributed by atoms with Gasteiger partial charge in [0.25, 0.3) is 0 Å². The lowest BCUT2D eigenvalue weighted by Crippen LogP contribution is -2.05. The Morgan fingerprint density at radius 2 is 1.09 bits per heavy atom. The van der Waals surface area contributed by atoms with Crippen LogP contribution >= 0.6 is 0 Å². The molecule has 0 spiro atoms. The Kier molecular flexibility index (Phi) is 5.08. The van der Waals surface area contributed by atoms with Crippen LogP contribution in [0.4, 0.5) is 0 Å². The number of fused-ring (bicyclic) bond motifs is 9. The molecule has 4 nitrogen and oxygen atoms in total. The third-order valence-corrected chi connectivity index (χ3v) is 10.2. The van der Waals surface area contributed by atoms with Crippen LogP contribution in [0.1, 0.15) is 11.1 Å². The second-order valence-electron chi connectivity index (χ2n) is 11.4. The number of rotatable bonds is 2. The molecule has 0 saturated carbocycles. The average Bonchev–Trinajstić information content (AvgIpc) is 3.56. The Bertz CT molecular complexity index is 2530. The highest BCUT2D eigenvalue weighted by molar-refractivity contribution is 7.89. The van der Waals surface area contributed by atoms with Crippen LogP contribution in [0, 0.1) is 0 Å². The summed E-state index contributed by atoms with van der Waals surface area (Å²) in [5, 5.41) is 4.26. The fourth-order valence-electron chi connectivity index (χ4n) is 6.68. The summed E-state index contributed by atoms with van der Waals surface area (Å²) in [5.41, 5.74) is 10.9. The van der Waals surface area contributed by atoms with Gasteiger partial charge in [0, 0.05) is 27.1 Å². The van der Waals surface area contributed by atoms with Crippen LogP contribution in [-0.4, -0.2) is 8.42 Å². The number of benzene rings is 6. The topological polar surface area (TPSA) is 60.4 Å². The molecule has 0 N–H and O–H groups in total. The standard InChI is InChI=1S/C38H24O4S/c39-43(40)21-26-13-12-23(24-15-17-37-34(20-24)31-7-2-3-10-35(31)41-37)19-33(26)28-16-14-25(18-27(28)22-43)29-8-5-9-32-30-6-1-4-11-36(30)42-38(29)32/h1-20H,21-22H2. The number of sulfone groups is 1. The molecule has 206 valence electrons. The molecule has 0 aliphatic carbocycles. The van der Waals surface area contributed by atoms with E-state index in [9.17, 15) is 8.42 Å². The SMILES string of the molecule is O=S1(=O)Cc2cc(-c3cccc4c3oc3ccccc34)ccc2-c2cc(-c3ccc4oc5ccccc5c4c3)ccc2C1. The summed E-state index contributed by atoms with van der Waals surface area (Å²) in [6.07, 6.45) is 0. The minimum absolute atomic E-state index is 0.0107. The molecule has 0 amide bonds. The van der Waals surface area contributed by atoms with E-state index < -0.39 is 9.84 Å². The highest BCUT2D eigenvalue weighted by Crippen LogP contribution is 2.41. The molecule has 0 fully saturated rings. The second-order valence-corrected chi connectivity index (χ2v) is 13.4. The smallest absolute Gasteiger partial charge is 0.158 e. The van der Waals surface area contributed by atoms with Crippen molar-refractivity contribution in [2.45, 2.75) is 11.5 Å². The first-order valence-electron chi connectivity index (χ1n) is 14.3. The van der Waals surface area contributed by atoms with Crippen LogP contribution in [0.5, 0.6) is 0 Å². The fourth-order valence-corrected chi connectivity index (χ4v) is 8.22. The predicted molar refractivity (Wildman–Crippen MR) is 174 cm³/mol. The molecule has 9 rings (SSSR count). The molecule has 1 aliphatic rings. The van der Waals surface area contributed by atoms with Crippen molar-refractivity contribution in [3.8, 4) is 33.4 Å². The van der Waals surface area contributed by atoms with Gasteiger partial charge in [-0.1, -0.05) is 84.9 Å². The van der Waals surface area contributed by atoms with Crippen LogP contribution < -0.4 is 0 Å². The van der Waals surface area contributed by atoms with Crippen molar-refractivity contribution < 1.29 is 17.3 Å². The molecule has 2 aromatic heterocycles. The molecule has 0 bridgehead atoms. The van der Waals surface area contributed by atoms with Gasteiger partial charge in [0.1, 0.15) is 22.3 Å². The molecule has 43 heavy (non-hydrogen) atoms. The maximum Gasteiger partial charge on any atom is 0.158 e. The van der Waals surface area contributed by atoms with Crippen LogP contribution in [0.15, 0.2) is 130 Å². The van der Waals surface area contributed by atoms with E-state index in [1.807, 2.05) is 72.8 Å². The van der Waals surface area contributed by atoms with Gasteiger partial charge in [-0.15, -0.1) is 0 Å². The van der Waals surface area contributed by atoms with Crippen molar-refractivity contribution in [3.05, 3.63) is 132 Å². The van der Waals surface area contributed by atoms with Crippen LogP contribution in [0.2, 0.25) is 0 Å². The summed E-state index contributed by atoms with van der Waals surface area (Å²) in [5.74, 6) is 0.000443. The molecule has 6 aromatic carbocycles. The van der Waals surface area contributed by atoms with Gasteiger partial charge in [-0.25, -0.2) is 8.42 Å². The van der Waals surface area contributed by atoms with E-state index in [1.54, 1.807) is 0 Å². The van der Waals surface area contributed by atoms with Crippen molar-refractivity contribution in [3.63, 3.8) is 0 Å². The number of para-hydroxylation sites is 3. The summed E-state index contributed by atoms with van der Waals surface area (Å²) < 4.78 is 39.0. The van der Waals surface area contributed by atoms with Crippen molar-refractivity contribution in [1.29, 1.82) is 0 Å². The first-order chi connectivity index (χ1) is 21.0. The molecule has 0 radical (unpaired) electrons. The molecule has 0 saturated heterocycles. The van der Waals surface area contributed by atoms with Gasteiger partial charge in [0.05, 0.1) is 11.5 Å². The lowest BCUT2D eigenvalue weighted by molar-refractivity contribution is 0.595. The number of hydrogen-bond donors (Lipinski definition) is 0. The maximum absolute atomic E-state index is 13.3. The van der Waals surface area contributed by atoms with Crippen molar-refractivity contribution in [2.75, 3.05) is 0 Å². The van der Waals surface area contributed by atoms with E-state index >= 15 is 0 Å². The van der Waals surface area contributed by atoms with E-state index in [4.69, 9.17) is 8.83 Å². The second kappa shape index (κ2) is 8.93. The van der Waals surface area contributed by atoms with Crippen molar-refractivity contribution in [1.82, 2.24) is 0 Å². The lowest BCUT2D eigenvalue weighted by atomic mass is 9.90. The summed E-state index contributed by atoms with van der Waals surface area (Å²) in [4.78, 5) is 0. The molecule has 8 aromatic rings. The van der Waals surface area contributed by atoms with Gasteiger partial charge >= 0.3 is 0 Å². The Labute approximate surface area is 247 Å². The van der Waals surface area contributed by atoms with E-state index in [0.717, 1.165) is 88.4 Å². The summed E-state index contributed by atoms with van der Waals surface area (Å²) in [6.45, 7) is 0. The minimum atomic E-state index is -3.37. The molecule has 0 unspecified atom stereocenters. The number of furan rings is 2. The van der Waals surface area contributed by atoms with Gasteiger partial charge in [0.15, 0.2) is 9.84 Å². The van der Waals surface area contributed by atoms with Crippen molar-refractivity contribution in [2.24, 2.45) is 0 Å². The van der Waals surface area contributed by atoms with Crippen LogP contribution in [0.3, 0.4) is 0 Å². The molecule has 0 atom stereocenters. The molecular weight excluding hydrogens is 552 g/mol. The largest absolute Gasteiger partial charge is 0.456 e. The van der Waals surface area contributed by atoms with Crippen LogP contribution in [-0.2, 0) is 21.3 Å². The zero-order valence-electron chi connectivity index (χ0n) is 23.0. The average molecular weight is 577 g/mol. The van der Waals surface area contributed by atoms with Gasteiger partial charge in [-0.3, -0.25) is 0 Å². The Morgan fingerprint density at radius 3 is 1.95 bits per heavy atom. The lowest BCUT2D eigenvalue weighted by Gasteiger charge is -2.13. The minimum Gasteiger partial charge on any atom is -0.456 e. The van der Waals surface area contributed by atoms with Crippen LogP contribution in [0.25, 0.3) is 77.3 Å². The summed E-state index contributed by atoms with van der Waals surface area (Å²) in [7, 11) is -3.37. The zero-order chi connectivity index (χ0) is 28.7. The van der Waals surface area contributed by atoms with Gasteiger partial charge in [0.2, 0.25) is 0 Å². The fraction of sp³-hybridized carbons (Fsp3) is 0.0526. The van der Waals surface area contributed by atoms with Gasteiger partial charge < -0.3 is 8.83 Å². The molecule has 5 heteroatoms. The predicted octanol–water partition coefficient (Wildman–Crippen LogP) is 9.91. The normalized spacial score (nSPS) is 14.2. The molecule has 1 aliphatic heterocycles. The van der Waals surface area contributed by atoms with E-state index in [0.29, 0.717) is 0 Å². The number of hydrogen-bond acceptors (Lipinski definition) is 4. The molecular formula is C38H24O4S. The zero-order valence-corrected chi connectivity index (χ0v) is 23.8. The quantitative estimate of drug-likeness (QED) is 0.205. The third-order valence-electron chi connectivity index (χ3n) is 8.68. The Morgan fingerprint density at radius 1 is 0.442 bits per heavy atom. The van der Waals surface area contributed by atoms with E-state index in [-0.39, 0.29) is 11.5 Å². The highest BCUT2D eigenvalue weighted by atomic mass is 32.2. The maximum atomic E-state index is 13.3. The van der Waals surface area contributed by atoms with Crippen molar-refractivity contribution >= 4 is 53.7 Å². The monoisotopic (exact) mass is 576 g/mol. The van der Waals surface area contributed by atoms with Gasteiger partial charge in [-0.05, 0) is 75.3 Å². The van der Waals surface area contributed by atoms with Gasteiger partial charge in [-0.2, -0.15) is 0 Å². The van der Waals surface area contributed by atoms with E-state index in [2.05, 4.69) is 48.5 Å². The highest BCUT2D eigenvalue weighted by Gasteiger charge is 2.25. The summed E-state index contributed by atoms with van der Waals surface area (Å²) in [6, 6.07) is 40.8. The van der Waals surface area contributed by atoms with E-state index in [1.165, 1.54) is 0 Å². The molecule has 3 heterocycles.